The van der Waals surface area contributed by atoms with Crippen LogP contribution in [0.1, 0.15) is 16.7 Å². The molecule has 0 unspecified atom stereocenters. The standard InChI is InChI=1S/C24H23N5/c1-16(17-3-5-20-12-25-8-7-19(20)9-17)28-24-11-22-10-18(4-6-21(22)13-26-24)23-14-27-29(2)15-23/h3-6,9-11,13-15,25H,1,7-8,12H2,2H3,(H,26,28). The molecule has 5 heteroatoms. The summed E-state index contributed by atoms with van der Waals surface area (Å²) < 4.78 is 1.82. The molecule has 2 aromatic heterocycles. The molecule has 2 N–H and O–H groups in total. The Bertz CT molecular complexity index is 1220. The molecule has 0 spiro atoms. The van der Waals surface area contributed by atoms with Gasteiger partial charge in [-0.15, -0.1) is 0 Å². The number of rotatable bonds is 4. The number of benzene rings is 2. The van der Waals surface area contributed by atoms with Crippen LogP contribution in [0.3, 0.4) is 0 Å². The van der Waals surface area contributed by atoms with Gasteiger partial charge in [0, 0.05) is 42.6 Å². The number of aryl methyl sites for hydroxylation is 1. The van der Waals surface area contributed by atoms with Gasteiger partial charge in [-0.05, 0) is 58.8 Å². The van der Waals surface area contributed by atoms with Gasteiger partial charge in [-0.25, -0.2) is 4.98 Å². The van der Waals surface area contributed by atoms with E-state index in [1.54, 1.807) is 0 Å². The van der Waals surface area contributed by atoms with Crippen LogP contribution in [-0.2, 0) is 20.0 Å². The van der Waals surface area contributed by atoms with Gasteiger partial charge >= 0.3 is 0 Å². The average molecular weight is 381 g/mol. The predicted molar refractivity (Wildman–Crippen MR) is 118 cm³/mol. The minimum Gasteiger partial charge on any atom is -0.340 e. The Hall–Kier alpha value is -3.44. The van der Waals surface area contributed by atoms with Gasteiger partial charge in [0.1, 0.15) is 5.82 Å². The minimum atomic E-state index is 0.797. The quantitative estimate of drug-likeness (QED) is 0.551. The molecule has 2 aromatic carbocycles. The fraction of sp³-hybridized carbons (Fsp3) is 0.167. The number of aromatic nitrogens is 3. The third-order valence-corrected chi connectivity index (χ3v) is 5.48. The largest absolute Gasteiger partial charge is 0.340 e. The second-order valence-electron chi connectivity index (χ2n) is 7.55. The smallest absolute Gasteiger partial charge is 0.130 e. The Morgan fingerprint density at radius 2 is 1.97 bits per heavy atom. The summed E-state index contributed by atoms with van der Waals surface area (Å²) >= 11 is 0. The second kappa shape index (κ2) is 7.18. The first kappa shape index (κ1) is 17.6. The van der Waals surface area contributed by atoms with Crippen LogP contribution in [-0.4, -0.2) is 21.3 Å². The van der Waals surface area contributed by atoms with Gasteiger partial charge in [0.2, 0.25) is 0 Å². The van der Waals surface area contributed by atoms with E-state index in [4.69, 9.17) is 0 Å². The summed E-state index contributed by atoms with van der Waals surface area (Å²) in [6, 6.07) is 15.0. The molecule has 0 bridgehead atoms. The van der Waals surface area contributed by atoms with E-state index in [2.05, 4.69) is 69.8 Å². The normalized spacial score (nSPS) is 13.3. The fourth-order valence-electron chi connectivity index (χ4n) is 3.85. The molecular weight excluding hydrogens is 358 g/mol. The van der Waals surface area contributed by atoms with Crippen molar-refractivity contribution in [2.24, 2.45) is 7.05 Å². The molecule has 0 radical (unpaired) electrons. The van der Waals surface area contributed by atoms with Crippen LogP contribution in [0.15, 0.2) is 67.6 Å². The Labute approximate surface area is 170 Å². The van der Waals surface area contributed by atoms with E-state index in [9.17, 15) is 0 Å². The van der Waals surface area contributed by atoms with Crippen molar-refractivity contribution < 1.29 is 0 Å². The summed E-state index contributed by atoms with van der Waals surface area (Å²) in [5.41, 5.74) is 6.99. The molecule has 144 valence electrons. The first-order valence-corrected chi connectivity index (χ1v) is 9.83. The van der Waals surface area contributed by atoms with Crippen molar-refractivity contribution in [3.05, 3.63) is 84.3 Å². The van der Waals surface area contributed by atoms with Gasteiger partial charge in [0.15, 0.2) is 0 Å². The Morgan fingerprint density at radius 3 is 2.83 bits per heavy atom. The van der Waals surface area contributed by atoms with Crippen molar-refractivity contribution in [2.45, 2.75) is 13.0 Å². The van der Waals surface area contributed by atoms with E-state index in [0.717, 1.165) is 58.5 Å². The Kier molecular flexibility index (Phi) is 4.37. The van der Waals surface area contributed by atoms with Gasteiger partial charge < -0.3 is 10.6 Å². The van der Waals surface area contributed by atoms with Crippen molar-refractivity contribution in [2.75, 3.05) is 11.9 Å². The first-order chi connectivity index (χ1) is 14.2. The van der Waals surface area contributed by atoms with Crippen LogP contribution < -0.4 is 10.6 Å². The maximum absolute atomic E-state index is 4.57. The summed E-state index contributed by atoms with van der Waals surface area (Å²) in [6.45, 7) is 6.21. The summed E-state index contributed by atoms with van der Waals surface area (Å²) in [7, 11) is 1.93. The lowest BCUT2D eigenvalue weighted by Crippen LogP contribution is -2.23. The summed E-state index contributed by atoms with van der Waals surface area (Å²) in [6.07, 6.45) is 6.86. The molecule has 0 aliphatic carbocycles. The van der Waals surface area contributed by atoms with Gasteiger partial charge in [-0.2, -0.15) is 5.10 Å². The van der Waals surface area contributed by atoms with E-state index >= 15 is 0 Å². The zero-order chi connectivity index (χ0) is 19.8. The third-order valence-electron chi connectivity index (χ3n) is 5.48. The topological polar surface area (TPSA) is 54.8 Å². The molecule has 0 saturated heterocycles. The molecule has 1 aliphatic rings. The number of fused-ring (bicyclic) bond motifs is 2. The summed E-state index contributed by atoms with van der Waals surface area (Å²) in [4.78, 5) is 4.57. The van der Waals surface area contributed by atoms with E-state index in [0.29, 0.717) is 0 Å². The van der Waals surface area contributed by atoms with Crippen LogP contribution >= 0.6 is 0 Å². The third kappa shape index (κ3) is 3.52. The minimum absolute atomic E-state index is 0.797. The van der Waals surface area contributed by atoms with Gasteiger partial charge in [-0.1, -0.05) is 30.8 Å². The van der Waals surface area contributed by atoms with Gasteiger partial charge in [0.05, 0.1) is 6.20 Å². The predicted octanol–water partition coefficient (Wildman–Crippen LogP) is 4.36. The van der Waals surface area contributed by atoms with Crippen molar-refractivity contribution in [1.82, 2.24) is 20.1 Å². The van der Waals surface area contributed by atoms with Crippen molar-refractivity contribution in [1.29, 1.82) is 0 Å². The van der Waals surface area contributed by atoms with Crippen molar-refractivity contribution in [3.8, 4) is 11.1 Å². The maximum Gasteiger partial charge on any atom is 0.130 e. The molecule has 29 heavy (non-hydrogen) atoms. The molecule has 0 atom stereocenters. The highest BCUT2D eigenvalue weighted by molar-refractivity contribution is 5.89. The Morgan fingerprint density at radius 1 is 1.03 bits per heavy atom. The molecule has 0 saturated carbocycles. The molecule has 4 aromatic rings. The molecule has 0 fully saturated rings. The average Bonchev–Trinajstić information content (AvgIpc) is 3.19. The molecule has 1 aliphatic heterocycles. The lowest BCUT2D eigenvalue weighted by molar-refractivity contribution is 0.643. The Balaban J connectivity index is 1.42. The van der Waals surface area contributed by atoms with E-state index < -0.39 is 0 Å². The van der Waals surface area contributed by atoms with Crippen LogP contribution in [0.4, 0.5) is 5.82 Å². The number of nitrogens with zero attached hydrogens (tertiary/aromatic N) is 3. The monoisotopic (exact) mass is 381 g/mol. The number of pyridine rings is 1. The van der Waals surface area contributed by atoms with E-state index in [1.807, 2.05) is 30.3 Å². The zero-order valence-corrected chi connectivity index (χ0v) is 16.4. The summed E-state index contributed by atoms with van der Waals surface area (Å²) in [5.74, 6) is 0.797. The fourth-order valence-corrected chi connectivity index (χ4v) is 3.85. The highest BCUT2D eigenvalue weighted by Crippen LogP contribution is 2.27. The number of anilines is 1. The molecule has 5 nitrogen and oxygen atoms in total. The van der Waals surface area contributed by atoms with Crippen molar-refractivity contribution >= 4 is 22.3 Å². The van der Waals surface area contributed by atoms with Gasteiger partial charge in [0.25, 0.3) is 0 Å². The molecule has 3 heterocycles. The van der Waals surface area contributed by atoms with Crippen LogP contribution in [0.25, 0.3) is 27.6 Å². The highest BCUT2D eigenvalue weighted by Gasteiger charge is 2.11. The van der Waals surface area contributed by atoms with E-state index in [1.165, 1.54) is 11.1 Å². The number of nitrogens with one attached hydrogen (secondary N) is 2. The SMILES string of the molecule is C=C(Nc1cc2cc(-c3cnn(C)c3)ccc2cn1)c1ccc2c(c1)CCNC2. The van der Waals surface area contributed by atoms with Crippen LogP contribution in [0.2, 0.25) is 0 Å². The lowest BCUT2D eigenvalue weighted by Gasteiger charge is -2.19. The van der Waals surface area contributed by atoms with Crippen molar-refractivity contribution in [3.63, 3.8) is 0 Å². The number of hydrogen-bond acceptors (Lipinski definition) is 4. The zero-order valence-electron chi connectivity index (χ0n) is 16.4. The first-order valence-electron chi connectivity index (χ1n) is 9.83. The molecule has 5 rings (SSSR count). The highest BCUT2D eigenvalue weighted by atomic mass is 15.2. The van der Waals surface area contributed by atoms with Gasteiger partial charge in [-0.3, -0.25) is 4.68 Å². The van der Waals surface area contributed by atoms with Crippen LogP contribution in [0, 0.1) is 0 Å². The maximum atomic E-state index is 4.57. The van der Waals surface area contributed by atoms with Crippen LogP contribution in [0.5, 0.6) is 0 Å². The molecular formula is C24H23N5. The summed E-state index contributed by atoms with van der Waals surface area (Å²) in [5, 5.41) is 13.3. The van der Waals surface area contributed by atoms with E-state index in [-0.39, 0.29) is 0 Å². The second-order valence-corrected chi connectivity index (χ2v) is 7.55. The lowest BCUT2D eigenvalue weighted by atomic mass is 9.97. The molecule has 0 amide bonds. The number of hydrogen-bond donors (Lipinski definition) is 2.